The standard InChI is InChI=1S/C9H12N2OS/c1-10-13(12)8-3-2-7-4-5-11-9(7)6-8/h2-3,6,10-11H,4-5H2,1H3. The van der Waals surface area contributed by atoms with Crippen LogP contribution in [-0.2, 0) is 17.4 Å². The first-order valence-corrected chi connectivity index (χ1v) is 5.42. The van der Waals surface area contributed by atoms with Crippen molar-refractivity contribution in [2.24, 2.45) is 0 Å². The molecule has 4 heteroatoms. The van der Waals surface area contributed by atoms with E-state index in [2.05, 4.69) is 10.0 Å². The quantitative estimate of drug-likeness (QED) is 0.737. The normalized spacial score (nSPS) is 16.4. The predicted octanol–water partition coefficient (Wildman–Crippen LogP) is 0.897. The molecule has 1 aromatic carbocycles. The summed E-state index contributed by atoms with van der Waals surface area (Å²) in [5.74, 6) is 0. The summed E-state index contributed by atoms with van der Waals surface area (Å²) in [4.78, 5) is 0.829. The molecule has 1 aliphatic rings. The highest BCUT2D eigenvalue weighted by Gasteiger charge is 2.11. The second kappa shape index (κ2) is 3.47. The van der Waals surface area contributed by atoms with Crippen molar-refractivity contribution in [2.75, 3.05) is 18.9 Å². The summed E-state index contributed by atoms with van der Waals surface area (Å²) in [6.07, 6.45) is 1.07. The second-order valence-corrected chi connectivity index (χ2v) is 4.39. The van der Waals surface area contributed by atoms with Gasteiger partial charge in [-0.05, 0) is 31.2 Å². The Morgan fingerprint density at radius 1 is 1.54 bits per heavy atom. The van der Waals surface area contributed by atoms with Gasteiger partial charge in [-0.2, -0.15) is 0 Å². The number of hydrogen-bond acceptors (Lipinski definition) is 2. The zero-order valence-electron chi connectivity index (χ0n) is 7.46. The van der Waals surface area contributed by atoms with Crippen LogP contribution in [0, 0.1) is 0 Å². The lowest BCUT2D eigenvalue weighted by Gasteiger charge is -2.03. The van der Waals surface area contributed by atoms with Gasteiger partial charge in [0.15, 0.2) is 0 Å². The van der Waals surface area contributed by atoms with Gasteiger partial charge >= 0.3 is 0 Å². The van der Waals surface area contributed by atoms with Crippen molar-refractivity contribution in [3.63, 3.8) is 0 Å². The summed E-state index contributed by atoms with van der Waals surface area (Å²) in [6.45, 7) is 0.991. The van der Waals surface area contributed by atoms with Crippen LogP contribution in [0.1, 0.15) is 5.56 Å². The molecule has 0 aliphatic carbocycles. The SMILES string of the molecule is CNS(=O)c1ccc2c(c1)NCC2. The molecule has 13 heavy (non-hydrogen) atoms. The molecule has 3 nitrogen and oxygen atoms in total. The summed E-state index contributed by atoms with van der Waals surface area (Å²) >= 11 is 0. The highest BCUT2D eigenvalue weighted by atomic mass is 32.2. The summed E-state index contributed by atoms with van der Waals surface area (Å²) in [7, 11) is 0.618. The van der Waals surface area contributed by atoms with Crippen molar-refractivity contribution < 1.29 is 4.21 Å². The average Bonchev–Trinajstić information content (AvgIpc) is 2.63. The second-order valence-electron chi connectivity index (χ2n) is 2.97. The van der Waals surface area contributed by atoms with E-state index in [-0.39, 0.29) is 0 Å². The van der Waals surface area contributed by atoms with Crippen molar-refractivity contribution in [1.82, 2.24) is 4.72 Å². The Morgan fingerprint density at radius 2 is 2.38 bits per heavy atom. The van der Waals surface area contributed by atoms with E-state index in [4.69, 9.17) is 0 Å². The van der Waals surface area contributed by atoms with Gasteiger partial charge in [0.2, 0.25) is 0 Å². The summed E-state index contributed by atoms with van der Waals surface area (Å²) in [5, 5.41) is 3.26. The fourth-order valence-corrected chi connectivity index (χ4v) is 2.16. The smallest absolute Gasteiger partial charge is 0.124 e. The molecule has 0 saturated heterocycles. The maximum absolute atomic E-state index is 11.4. The van der Waals surface area contributed by atoms with Gasteiger partial charge in [0.1, 0.15) is 11.0 Å². The molecule has 1 unspecified atom stereocenters. The highest BCUT2D eigenvalue weighted by molar-refractivity contribution is 7.83. The third-order valence-electron chi connectivity index (χ3n) is 2.19. The molecule has 1 atom stereocenters. The molecule has 2 rings (SSSR count). The Kier molecular flexibility index (Phi) is 2.33. The van der Waals surface area contributed by atoms with Crippen LogP contribution in [0.15, 0.2) is 23.1 Å². The summed E-state index contributed by atoms with van der Waals surface area (Å²) < 4.78 is 14.1. The van der Waals surface area contributed by atoms with Crippen molar-refractivity contribution >= 4 is 16.7 Å². The first-order chi connectivity index (χ1) is 6.31. The fraction of sp³-hybridized carbons (Fsp3) is 0.333. The highest BCUT2D eigenvalue weighted by Crippen LogP contribution is 2.24. The van der Waals surface area contributed by atoms with Crippen molar-refractivity contribution in [1.29, 1.82) is 0 Å². The van der Waals surface area contributed by atoms with E-state index in [9.17, 15) is 4.21 Å². The number of rotatable bonds is 2. The largest absolute Gasteiger partial charge is 0.384 e. The first-order valence-electron chi connectivity index (χ1n) is 4.27. The molecule has 0 aromatic heterocycles. The van der Waals surface area contributed by atoms with Crippen LogP contribution in [0.3, 0.4) is 0 Å². The molecule has 1 aromatic rings. The Morgan fingerprint density at radius 3 is 3.15 bits per heavy atom. The Labute approximate surface area is 80.1 Å². The zero-order valence-corrected chi connectivity index (χ0v) is 8.28. The lowest BCUT2D eigenvalue weighted by molar-refractivity contribution is 0.678. The van der Waals surface area contributed by atoms with Gasteiger partial charge in [-0.1, -0.05) is 6.07 Å². The van der Waals surface area contributed by atoms with Gasteiger partial charge in [-0.15, -0.1) is 0 Å². The minimum Gasteiger partial charge on any atom is -0.384 e. The molecule has 2 N–H and O–H groups in total. The molecule has 0 bridgehead atoms. The topological polar surface area (TPSA) is 41.1 Å². The molecule has 0 spiro atoms. The maximum atomic E-state index is 11.4. The van der Waals surface area contributed by atoms with Crippen LogP contribution in [0.4, 0.5) is 5.69 Å². The molecule has 0 saturated carbocycles. The number of hydrogen-bond donors (Lipinski definition) is 2. The van der Waals surface area contributed by atoms with Crippen molar-refractivity contribution in [3.8, 4) is 0 Å². The molecule has 0 fully saturated rings. The van der Waals surface area contributed by atoms with Crippen LogP contribution in [0.25, 0.3) is 0 Å². The maximum Gasteiger partial charge on any atom is 0.124 e. The van der Waals surface area contributed by atoms with Gasteiger partial charge in [-0.25, -0.2) is 8.93 Å². The van der Waals surface area contributed by atoms with Crippen LogP contribution in [-0.4, -0.2) is 17.8 Å². The first kappa shape index (κ1) is 8.72. The lowest BCUT2D eigenvalue weighted by atomic mass is 10.2. The Hall–Kier alpha value is -0.870. The van der Waals surface area contributed by atoms with Crippen LogP contribution in [0.2, 0.25) is 0 Å². The molecular weight excluding hydrogens is 184 g/mol. The Bertz CT molecular complexity index is 351. The van der Waals surface area contributed by atoms with Gasteiger partial charge < -0.3 is 5.32 Å². The van der Waals surface area contributed by atoms with Gasteiger partial charge in [-0.3, -0.25) is 0 Å². The molecule has 0 radical (unpaired) electrons. The van der Waals surface area contributed by atoms with Crippen molar-refractivity contribution in [2.45, 2.75) is 11.3 Å². The zero-order chi connectivity index (χ0) is 9.26. The number of anilines is 1. The monoisotopic (exact) mass is 196 g/mol. The fourth-order valence-electron chi connectivity index (χ4n) is 1.50. The van der Waals surface area contributed by atoms with Gasteiger partial charge in [0, 0.05) is 12.2 Å². The van der Waals surface area contributed by atoms with E-state index in [1.807, 2.05) is 18.2 Å². The average molecular weight is 196 g/mol. The molecular formula is C9H12N2OS. The van der Waals surface area contributed by atoms with E-state index < -0.39 is 11.0 Å². The minimum atomic E-state index is -1.07. The van der Waals surface area contributed by atoms with E-state index in [1.165, 1.54) is 5.56 Å². The van der Waals surface area contributed by atoms with Crippen LogP contribution in [0.5, 0.6) is 0 Å². The molecule has 1 aliphatic heterocycles. The van der Waals surface area contributed by atoms with E-state index in [0.29, 0.717) is 0 Å². The van der Waals surface area contributed by atoms with Gasteiger partial charge in [0.25, 0.3) is 0 Å². The lowest BCUT2D eigenvalue weighted by Crippen LogP contribution is -2.10. The van der Waals surface area contributed by atoms with Crippen molar-refractivity contribution in [3.05, 3.63) is 23.8 Å². The van der Waals surface area contributed by atoms with E-state index in [0.717, 1.165) is 23.5 Å². The third-order valence-corrected chi connectivity index (χ3v) is 3.24. The van der Waals surface area contributed by atoms with Gasteiger partial charge in [0.05, 0.1) is 4.90 Å². The summed E-state index contributed by atoms with van der Waals surface area (Å²) in [6, 6.07) is 5.91. The molecule has 0 amide bonds. The minimum absolute atomic E-state index is 0.829. The van der Waals surface area contributed by atoms with E-state index in [1.54, 1.807) is 7.05 Å². The van der Waals surface area contributed by atoms with Crippen LogP contribution < -0.4 is 10.0 Å². The number of benzene rings is 1. The number of fused-ring (bicyclic) bond motifs is 1. The predicted molar refractivity (Wildman–Crippen MR) is 54.1 cm³/mol. The van der Waals surface area contributed by atoms with Crippen LogP contribution >= 0.6 is 0 Å². The number of nitrogens with one attached hydrogen (secondary N) is 2. The summed E-state index contributed by atoms with van der Waals surface area (Å²) in [5.41, 5.74) is 2.44. The molecule has 1 heterocycles. The Balaban J connectivity index is 2.36. The molecule has 70 valence electrons. The third kappa shape index (κ3) is 1.59. The van der Waals surface area contributed by atoms with E-state index >= 15 is 0 Å².